The first-order valence-corrected chi connectivity index (χ1v) is 9.17. The minimum Gasteiger partial charge on any atom is -0.406 e. The predicted octanol–water partition coefficient (Wildman–Crippen LogP) is 5.05. The second-order valence-corrected chi connectivity index (χ2v) is 6.83. The van der Waals surface area contributed by atoms with Gasteiger partial charge >= 0.3 is 6.36 Å². The summed E-state index contributed by atoms with van der Waals surface area (Å²) in [5.74, 6) is -1.01. The Morgan fingerprint density at radius 2 is 1.84 bits per heavy atom. The Hall–Kier alpha value is -3.11. The molecule has 0 saturated heterocycles. The summed E-state index contributed by atoms with van der Waals surface area (Å²) in [5, 5.41) is 8.98. The summed E-state index contributed by atoms with van der Waals surface area (Å²) in [5.41, 5.74) is 0.180. The lowest BCUT2D eigenvalue weighted by Gasteiger charge is -2.15. The van der Waals surface area contributed by atoms with Gasteiger partial charge in [-0.1, -0.05) is 23.2 Å². The van der Waals surface area contributed by atoms with Crippen LogP contribution in [0.2, 0.25) is 10.0 Å². The highest BCUT2D eigenvalue weighted by molar-refractivity contribution is 6.33. The molecule has 0 radical (unpaired) electrons. The molecule has 3 rings (SSSR count). The van der Waals surface area contributed by atoms with E-state index in [4.69, 9.17) is 23.2 Å². The summed E-state index contributed by atoms with van der Waals surface area (Å²) in [6, 6.07) is 8.66. The minimum absolute atomic E-state index is 0.171. The van der Waals surface area contributed by atoms with E-state index in [0.717, 1.165) is 22.9 Å². The molecule has 0 spiro atoms. The van der Waals surface area contributed by atoms with E-state index in [0.29, 0.717) is 5.56 Å². The van der Waals surface area contributed by atoms with Crippen molar-refractivity contribution in [3.05, 3.63) is 80.4 Å². The highest BCUT2D eigenvalue weighted by Crippen LogP contribution is 2.24. The normalized spacial score (nSPS) is 11.7. The third-order valence-corrected chi connectivity index (χ3v) is 4.54. The van der Waals surface area contributed by atoms with Gasteiger partial charge in [-0.15, -0.1) is 13.2 Å². The molecular weight excluding hydrogens is 463 g/mol. The molecule has 0 fully saturated rings. The van der Waals surface area contributed by atoms with Crippen LogP contribution in [-0.4, -0.2) is 29.4 Å². The first kappa shape index (κ1) is 22.6. The fourth-order valence-electron chi connectivity index (χ4n) is 2.42. The van der Waals surface area contributed by atoms with Gasteiger partial charge in [0.25, 0.3) is 5.56 Å². The number of nitrogens with zero attached hydrogens (tertiary/aromatic N) is 4. The van der Waals surface area contributed by atoms with Crippen molar-refractivity contribution in [3.63, 3.8) is 0 Å². The smallest absolute Gasteiger partial charge is 0.406 e. The number of hydrogen-bond donors (Lipinski definition) is 0. The Balaban J connectivity index is 1.80. The van der Waals surface area contributed by atoms with E-state index < -0.39 is 17.7 Å². The molecule has 0 aliphatic carbocycles. The number of ether oxygens (including phenoxy) is 1. The van der Waals surface area contributed by atoms with Crippen LogP contribution in [0, 0.1) is 5.82 Å². The van der Waals surface area contributed by atoms with Crippen molar-refractivity contribution in [2.75, 3.05) is 12.1 Å². The van der Waals surface area contributed by atoms with Gasteiger partial charge in [0.15, 0.2) is 0 Å². The molecule has 0 saturated carbocycles. The number of rotatable bonds is 5. The van der Waals surface area contributed by atoms with Gasteiger partial charge in [0, 0.05) is 7.05 Å². The molecule has 12 heteroatoms. The molecule has 0 bridgehead atoms. The highest BCUT2D eigenvalue weighted by atomic mass is 35.5. The fraction of sp³-hybridized carbons (Fsp3) is 0.105. The van der Waals surface area contributed by atoms with E-state index in [9.17, 15) is 22.4 Å². The van der Waals surface area contributed by atoms with E-state index in [1.54, 1.807) is 0 Å². The largest absolute Gasteiger partial charge is 0.573 e. The van der Waals surface area contributed by atoms with Crippen LogP contribution in [0.15, 0.2) is 58.6 Å². The van der Waals surface area contributed by atoms with E-state index in [-0.39, 0.29) is 27.2 Å². The van der Waals surface area contributed by atoms with Gasteiger partial charge in [-0.25, -0.2) is 4.39 Å². The van der Waals surface area contributed by atoms with Crippen LogP contribution in [0.3, 0.4) is 0 Å². The number of halogens is 6. The summed E-state index contributed by atoms with van der Waals surface area (Å²) in [7, 11) is 1.50. The van der Waals surface area contributed by atoms with E-state index in [2.05, 4.69) is 14.9 Å². The second-order valence-electron chi connectivity index (χ2n) is 6.04. The first-order valence-electron chi connectivity index (χ1n) is 8.42. The molecule has 31 heavy (non-hydrogen) atoms. The first-order chi connectivity index (χ1) is 14.5. The maximum Gasteiger partial charge on any atom is 0.573 e. The van der Waals surface area contributed by atoms with Crippen molar-refractivity contribution < 1.29 is 22.3 Å². The Kier molecular flexibility index (Phi) is 6.51. The number of anilines is 1. The molecule has 162 valence electrons. The topological polar surface area (TPSA) is 59.7 Å². The zero-order valence-electron chi connectivity index (χ0n) is 15.6. The van der Waals surface area contributed by atoms with Gasteiger partial charge in [0.2, 0.25) is 0 Å². The summed E-state index contributed by atoms with van der Waals surface area (Å²) in [6.45, 7) is 0. The summed E-state index contributed by atoms with van der Waals surface area (Å²) >= 11 is 11.9. The zero-order chi connectivity index (χ0) is 22.8. The van der Waals surface area contributed by atoms with Crippen LogP contribution in [0.25, 0.3) is 5.69 Å². The van der Waals surface area contributed by atoms with Crippen LogP contribution in [0.5, 0.6) is 5.75 Å². The van der Waals surface area contributed by atoms with Crippen molar-refractivity contribution in [2.45, 2.75) is 6.36 Å². The summed E-state index contributed by atoms with van der Waals surface area (Å²) in [4.78, 5) is 12.6. The van der Waals surface area contributed by atoms with Crippen molar-refractivity contribution in [2.24, 2.45) is 5.10 Å². The maximum absolute atomic E-state index is 13.3. The highest BCUT2D eigenvalue weighted by Gasteiger charge is 2.30. The molecule has 1 heterocycles. The number of benzene rings is 2. The Morgan fingerprint density at radius 3 is 2.45 bits per heavy atom. The predicted molar refractivity (Wildman–Crippen MR) is 109 cm³/mol. The molecule has 0 amide bonds. The van der Waals surface area contributed by atoms with Gasteiger partial charge in [-0.3, -0.25) is 9.80 Å². The molecule has 0 aliphatic rings. The standard InChI is InChI=1S/C19H12Cl2F4N4O2/c1-28(26-9-11-2-5-13(6-3-11)31-19(23,24)25)16-10-27-29(18(30)17(16)21)12-4-7-15(22)14(20)8-12/h2-10H,1H3. The molecule has 0 aliphatic heterocycles. The minimum atomic E-state index is -4.78. The quantitative estimate of drug-likeness (QED) is 0.295. The Labute approximate surface area is 182 Å². The van der Waals surface area contributed by atoms with Gasteiger partial charge in [-0.05, 0) is 48.0 Å². The molecule has 0 atom stereocenters. The lowest BCUT2D eigenvalue weighted by atomic mass is 10.2. The molecule has 0 unspecified atom stereocenters. The van der Waals surface area contributed by atoms with Gasteiger partial charge in [0.1, 0.15) is 22.3 Å². The average molecular weight is 475 g/mol. The van der Waals surface area contributed by atoms with Crippen molar-refractivity contribution in [3.8, 4) is 11.4 Å². The monoisotopic (exact) mass is 474 g/mol. The number of alkyl halides is 3. The average Bonchev–Trinajstić information content (AvgIpc) is 2.70. The van der Waals surface area contributed by atoms with Gasteiger partial charge < -0.3 is 4.74 Å². The number of aromatic nitrogens is 2. The van der Waals surface area contributed by atoms with Crippen LogP contribution >= 0.6 is 23.2 Å². The zero-order valence-corrected chi connectivity index (χ0v) is 17.1. The van der Waals surface area contributed by atoms with Crippen LogP contribution in [-0.2, 0) is 0 Å². The summed E-state index contributed by atoms with van der Waals surface area (Å²) < 4.78 is 54.7. The van der Waals surface area contributed by atoms with Crippen molar-refractivity contribution >= 4 is 35.1 Å². The Morgan fingerprint density at radius 1 is 1.16 bits per heavy atom. The fourth-order valence-corrected chi connectivity index (χ4v) is 2.85. The van der Waals surface area contributed by atoms with Crippen molar-refractivity contribution in [1.82, 2.24) is 9.78 Å². The summed E-state index contributed by atoms with van der Waals surface area (Å²) in [6.07, 6.45) is -2.16. The van der Waals surface area contributed by atoms with Crippen LogP contribution in [0.4, 0.5) is 23.2 Å². The lowest BCUT2D eigenvalue weighted by Crippen LogP contribution is -2.24. The molecule has 0 N–H and O–H groups in total. The maximum atomic E-state index is 13.3. The van der Waals surface area contributed by atoms with Crippen LogP contribution in [0.1, 0.15) is 5.56 Å². The molecule has 2 aromatic carbocycles. The number of hydrazone groups is 1. The third-order valence-electron chi connectivity index (χ3n) is 3.89. The van der Waals surface area contributed by atoms with E-state index in [1.165, 1.54) is 48.7 Å². The molecular formula is C19H12Cl2F4N4O2. The van der Waals surface area contributed by atoms with Gasteiger partial charge in [-0.2, -0.15) is 14.9 Å². The lowest BCUT2D eigenvalue weighted by molar-refractivity contribution is -0.274. The molecule has 3 aromatic rings. The molecule has 6 nitrogen and oxygen atoms in total. The second kappa shape index (κ2) is 8.94. The van der Waals surface area contributed by atoms with Crippen molar-refractivity contribution in [1.29, 1.82) is 0 Å². The third kappa shape index (κ3) is 5.53. The Bertz CT molecular complexity index is 1180. The molecule has 1 aromatic heterocycles. The van der Waals surface area contributed by atoms with Crippen LogP contribution < -0.4 is 15.3 Å². The SMILES string of the molecule is CN(N=Cc1ccc(OC(F)(F)F)cc1)c1cnn(-c2ccc(F)c(Cl)c2)c(=O)c1Cl. The van der Waals surface area contributed by atoms with Gasteiger partial charge in [0.05, 0.1) is 23.1 Å². The van der Waals surface area contributed by atoms with E-state index in [1.807, 2.05) is 0 Å². The number of hydrogen-bond acceptors (Lipinski definition) is 5. The van der Waals surface area contributed by atoms with E-state index >= 15 is 0 Å².